The van der Waals surface area contributed by atoms with Gasteiger partial charge in [0.05, 0.1) is 13.2 Å². The molecule has 3 aromatic rings. The Kier molecular flexibility index (Phi) is 11.4. The third kappa shape index (κ3) is 9.53. The molecular weight excluding hydrogens is 412 g/mol. The van der Waals surface area contributed by atoms with E-state index in [2.05, 4.69) is 98.5 Å². The van der Waals surface area contributed by atoms with Crippen molar-refractivity contribution < 1.29 is 4.74 Å². The summed E-state index contributed by atoms with van der Waals surface area (Å²) in [6.45, 7) is 7.31. The third-order valence-corrected chi connectivity index (χ3v) is 6.22. The first kappa shape index (κ1) is 25.7. The lowest BCUT2D eigenvalue weighted by molar-refractivity contribution is 0.148. The quantitative estimate of drug-likeness (QED) is 0.167. The van der Waals surface area contributed by atoms with Crippen LogP contribution in [-0.4, -0.2) is 6.61 Å². The van der Waals surface area contributed by atoms with Gasteiger partial charge in [0.15, 0.2) is 0 Å². The van der Waals surface area contributed by atoms with E-state index in [1.165, 1.54) is 46.2 Å². The summed E-state index contributed by atoms with van der Waals surface area (Å²) in [5, 5.41) is 0. The van der Waals surface area contributed by atoms with Gasteiger partial charge in [-0.3, -0.25) is 0 Å². The summed E-state index contributed by atoms with van der Waals surface area (Å²) in [6.07, 6.45) is 15.2. The first-order valence-electron chi connectivity index (χ1n) is 12.8. The highest BCUT2D eigenvalue weighted by molar-refractivity contribution is 5.27. The largest absolute Gasteiger partial charge is 0.373 e. The van der Waals surface area contributed by atoms with Crippen LogP contribution in [0.25, 0.3) is 0 Å². The Labute approximate surface area is 207 Å². The van der Waals surface area contributed by atoms with Gasteiger partial charge in [0.2, 0.25) is 0 Å². The maximum Gasteiger partial charge on any atom is 0.0721 e. The van der Waals surface area contributed by atoms with Crippen LogP contribution in [0.2, 0.25) is 0 Å². The fourth-order valence-electron chi connectivity index (χ4n) is 4.11. The van der Waals surface area contributed by atoms with Crippen molar-refractivity contribution in [2.45, 2.75) is 64.9 Å². The molecule has 0 aliphatic rings. The van der Waals surface area contributed by atoms with Crippen LogP contribution in [-0.2, 0) is 43.4 Å². The fraction of sp³-hybridized carbons (Fsp3) is 0.333. The summed E-state index contributed by atoms with van der Waals surface area (Å²) >= 11 is 0. The number of aryl methyl sites for hydroxylation is 4. The van der Waals surface area contributed by atoms with Crippen LogP contribution in [0.5, 0.6) is 0 Å². The van der Waals surface area contributed by atoms with Gasteiger partial charge in [-0.25, -0.2) is 0 Å². The number of unbranched alkanes of at least 4 members (excludes halogenated alkanes) is 1. The predicted molar refractivity (Wildman–Crippen MR) is 146 cm³/mol. The summed E-state index contributed by atoms with van der Waals surface area (Å²) in [7, 11) is 0. The van der Waals surface area contributed by atoms with Gasteiger partial charge in [0.25, 0.3) is 0 Å². The molecule has 0 saturated heterocycles. The molecule has 0 N–H and O–H groups in total. The number of rotatable bonds is 15. The number of hydrogen-bond acceptors (Lipinski definition) is 1. The Morgan fingerprint density at radius 2 is 1.03 bits per heavy atom. The zero-order valence-corrected chi connectivity index (χ0v) is 20.8. The van der Waals surface area contributed by atoms with E-state index < -0.39 is 0 Å². The normalized spacial score (nSPS) is 11.2. The van der Waals surface area contributed by atoms with Crippen molar-refractivity contribution in [3.8, 4) is 0 Å². The minimum absolute atomic E-state index is 0.678. The van der Waals surface area contributed by atoms with Gasteiger partial charge in [0.1, 0.15) is 0 Å². The van der Waals surface area contributed by atoms with Crippen molar-refractivity contribution >= 4 is 0 Å². The van der Waals surface area contributed by atoms with Crippen LogP contribution < -0.4 is 0 Å². The van der Waals surface area contributed by atoms with Gasteiger partial charge in [-0.2, -0.15) is 0 Å². The first-order chi connectivity index (χ1) is 16.8. The van der Waals surface area contributed by atoms with E-state index in [-0.39, 0.29) is 0 Å². The van der Waals surface area contributed by atoms with Crippen LogP contribution in [0.3, 0.4) is 0 Å². The standard InChI is InChI=1S/C33H40O/c1-3-5-8-26-34-27-33-24-22-32(23-25-33)21-20-31-18-16-30(17-19-31)11-7-6-10-29-14-12-28(9-4-2)13-15-29/h4-5,8,12-19,22-25H,2-3,6-7,9-11,20-21,26-27H2,1H3. The molecule has 1 heteroatoms. The zero-order valence-electron chi connectivity index (χ0n) is 20.8. The van der Waals surface area contributed by atoms with E-state index in [0.717, 1.165) is 38.5 Å². The highest BCUT2D eigenvalue weighted by Gasteiger charge is 2.00. The number of allylic oxidation sites excluding steroid dienone is 2. The minimum atomic E-state index is 0.678. The Balaban J connectivity index is 1.33. The lowest BCUT2D eigenvalue weighted by Crippen LogP contribution is -1.95. The lowest BCUT2D eigenvalue weighted by atomic mass is 9.99. The van der Waals surface area contributed by atoms with Crippen LogP contribution in [0.1, 0.15) is 59.6 Å². The molecule has 0 radical (unpaired) electrons. The molecule has 0 bridgehead atoms. The SMILES string of the molecule is C=CCc1ccc(CCCCc2ccc(CCc3ccc(COCC=CCC)cc3)cc2)cc1. The number of ether oxygens (including phenoxy) is 1. The Bertz CT molecular complexity index is 978. The topological polar surface area (TPSA) is 9.23 Å². The maximum atomic E-state index is 5.68. The fourth-order valence-corrected chi connectivity index (χ4v) is 4.11. The van der Waals surface area contributed by atoms with Crippen molar-refractivity contribution in [3.63, 3.8) is 0 Å². The summed E-state index contributed by atoms with van der Waals surface area (Å²) in [6, 6.07) is 27.1. The molecular formula is C33H40O. The number of benzene rings is 3. The molecule has 34 heavy (non-hydrogen) atoms. The van der Waals surface area contributed by atoms with Gasteiger partial charge in [0, 0.05) is 0 Å². The van der Waals surface area contributed by atoms with Crippen molar-refractivity contribution in [2.24, 2.45) is 0 Å². The lowest BCUT2D eigenvalue weighted by Gasteiger charge is -2.07. The van der Waals surface area contributed by atoms with E-state index in [1.54, 1.807) is 0 Å². The van der Waals surface area contributed by atoms with E-state index in [4.69, 9.17) is 4.74 Å². The molecule has 0 atom stereocenters. The van der Waals surface area contributed by atoms with Gasteiger partial charge < -0.3 is 4.74 Å². The molecule has 178 valence electrons. The molecule has 0 heterocycles. The van der Waals surface area contributed by atoms with Crippen molar-refractivity contribution in [3.05, 3.63) is 131 Å². The van der Waals surface area contributed by atoms with Crippen molar-refractivity contribution in [1.29, 1.82) is 0 Å². The molecule has 0 aliphatic carbocycles. The van der Waals surface area contributed by atoms with E-state index in [1.807, 2.05) is 6.08 Å². The molecule has 0 saturated carbocycles. The van der Waals surface area contributed by atoms with Crippen LogP contribution in [0.15, 0.2) is 97.6 Å². The molecule has 3 aromatic carbocycles. The summed E-state index contributed by atoms with van der Waals surface area (Å²) in [5.41, 5.74) is 8.27. The Morgan fingerprint density at radius 3 is 1.50 bits per heavy atom. The highest BCUT2D eigenvalue weighted by atomic mass is 16.5. The third-order valence-electron chi connectivity index (χ3n) is 6.22. The molecule has 0 fully saturated rings. The van der Waals surface area contributed by atoms with Crippen molar-refractivity contribution in [1.82, 2.24) is 0 Å². The Hall–Kier alpha value is -2.90. The van der Waals surface area contributed by atoms with Gasteiger partial charge in [-0.05, 0) is 84.7 Å². The van der Waals surface area contributed by atoms with Crippen LogP contribution >= 0.6 is 0 Å². The molecule has 0 aromatic heterocycles. The summed E-state index contributed by atoms with van der Waals surface area (Å²) in [5.74, 6) is 0. The Morgan fingerprint density at radius 1 is 0.588 bits per heavy atom. The summed E-state index contributed by atoms with van der Waals surface area (Å²) in [4.78, 5) is 0. The average molecular weight is 453 g/mol. The molecule has 0 spiro atoms. The second-order valence-electron chi connectivity index (χ2n) is 9.04. The average Bonchev–Trinajstić information content (AvgIpc) is 2.88. The van der Waals surface area contributed by atoms with Crippen molar-refractivity contribution in [2.75, 3.05) is 6.61 Å². The van der Waals surface area contributed by atoms with Gasteiger partial charge >= 0.3 is 0 Å². The van der Waals surface area contributed by atoms with E-state index in [9.17, 15) is 0 Å². The highest BCUT2D eigenvalue weighted by Crippen LogP contribution is 2.14. The predicted octanol–water partition coefficient (Wildman–Crippen LogP) is 8.25. The minimum Gasteiger partial charge on any atom is -0.373 e. The molecule has 1 nitrogen and oxygen atoms in total. The molecule has 3 rings (SSSR count). The van der Waals surface area contributed by atoms with Gasteiger partial charge in [-0.1, -0.05) is 97.9 Å². The van der Waals surface area contributed by atoms with Crippen LogP contribution in [0.4, 0.5) is 0 Å². The monoisotopic (exact) mass is 452 g/mol. The maximum absolute atomic E-state index is 5.68. The summed E-state index contributed by atoms with van der Waals surface area (Å²) < 4.78 is 5.68. The smallest absolute Gasteiger partial charge is 0.0721 e. The molecule has 0 aliphatic heterocycles. The van der Waals surface area contributed by atoms with Gasteiger partial charge in [-0.15, -0.1) is 6.58 Å². The molecule has 0 unspecified atom stereocenters. The van der Waals surface area contributed by atoms with E-state index >= 15 is 0 Å². The first-order valence-corrected chi connectivity index (χ1v) is 12.8. The second kappa shape index (κ2) is 15.1. The zero-order chi connectivity index (χ0) is 23.8. The van der Waals surface area contributed by atoms with Crippen LogP contribution in [0, 0.1) is 0 Å². The molecule has 0 amide bonds. The second-order valence-corrected chi connectivity index (χ2v) is 9.04. The van der Waals surface area contributed by atoms with E-state index in [0.29, 0.717) is 13.2 Å². The number of hydrogen-bond donors (Lipinski definition) is 0.